The van der Waals surface area contributed by atoms with Gasteiger partial charge in [0.1, 0.15) is 21.7 Å². The second-order valence-electron chi connectivity index (χ2n) is 6.48. The van der Waals surface area contributed by atoms with E-state index in [1.807, 2.05) is 6.07 Å². The van der Waals surface area contributed by atoms with E-state index in [9.17, 15) is 14.0 Å². The van der Waals surface area contributed by atoms with Gasteiger partial charge in [0.25, 0.3) is 5.91 Å². The first-order chi connectivity index (χ1) is 14.6. The van der Waals surface area contributed by atoms with Crippen LogP contribution in [-0.2, 0) is 4.79 Å². The Hall–Kier alpha value is -3.22. The molecular formula is C21H15FN4O2S2. The van der Waals surface area contributed by atoms with Crippen molar-refractivity contribution >= 4 is 40.6 Å². The minimum atomic E-state index is -0.628. The van der Waals surface area contributed by atoms with Crippen molar-refractivity contribution in [3.8, 4) is 16.6 Å². The molecule has 0 bridgehead atoms. The third-order valence-electron chi connectivity index (χ3n) is 4.55. The molecule has 30 heavy (non-hydrogen) atoms. The molecule has 2 amide bonds. The first-order valence-corrected chi connectivity index (χ1v) is 10.9. The van der Waals surface area contributed by atoms with E-state index < -0.39 is 11.9 Å². The third-order valence-corrected chi connectivity index (χ3v) is 6.58. The fourth-order valence-corrected chi connectivity index (χ4v) is 5.04. The number of nitrogens with one attached hydrogen (secondary N) is 1. The molecule has 1 unspecified atom stereocenters. The number of carbonyl (C=O) groups is 2. The molecule has 2 heterocycles. The number of halogens is 1. The monoisotopic (exact) mass is 438 g/mol. The van der Waals surface area contributed by atoms with Crippen LogP contribution in [0.25, 0.3) is 10.6 Å². The predicted molar refractivity (Wildman–Crippen MR) is 115 cm³/mol. The van der Waals surface area contributed by atoms with Crippen LogP contribution in [-0.4, -0.2) is 39.4 Å². The van der Waals surface area contributed by atoms with Gasteiger partial charge in [-0.25, -0.2) is 9.37 Å². The summed E-state index contributed by atoms with van der Waals surface area (Å²) in [6, 6.07) is 14.2. The highest BCUT2D eigenvalue weighted by atomic mass is 32.2. The lowest BCUT2D eigenvalue weighted by Crippen LogP contribution is -2.44. The molecule has 0 saturated carbocycles. The van der Waals surface area contributed by atoms with Crippen LogP contribution >= 0.6 is 23.1 Å². The van der Waals surface area contributed by atoms with Crippen LogP contribution in [0.2, 0.25) is 0 Å². The van der Waals surface area contributed by atoms with Gasteiger partial charge in [-0.2, -0.15) is 5.26 Å². The Bertz CT molecular complexity index is 1140. The van der Waals surface area contributed by atoms with Crippen LogP contribution in [0, 0.1) is 17.1 Å². The largest absolute Gasteiger partial charge is 0.324 e. The highest BCUT2D eigenvalue weighted by Gasteiger charge is 2.36. The Morgan fingerprint density at radius 3 is 2.70 bits per heavy atom. The Labute approximate surface area is 180 Å². The van der Waals surface area contributed by atoms with Crippen LogP contribution in [0.15, 0.2) is 54.7 Å². The number of nitrogens with zero attached hydrogens (tertiary/aromatic N) is 3. The van der Waals surface area contributed by atoms with Gasteiger partial charge in [0.15, 0.2) is 0 Å². The molecule has 4 rings (SSSR count). The topological polar surface area (TPSA) is 86.1 Å². The molecule has 1 aliphatic heterocycles. The molecule has 0 spiro atoms. The lowest BCUT2D eigenvalue weighted by molar-refractivity contribution is -0.119. The number of rotatable bonds is 4. The van der Waals surface area contributed by atoms with E-state index in [1.165, 1.54) is 28.9 Å². The summed E-state index contributed by atoms with van der Waals surface area (Å²) in [6.07, 6.45) is 1.42. The molecule has 1 aliphatic rings. The summed E-state index contributed by atoms with van der Waals surface area (Å²) in [4.78, 5) is 31.8. The Balaban J connectivity index is 1.49. The molecule has 3 aromatic rings. The van der Waals surface area contributed by atoms with Crippen molar-refractivity contribution in [1.82, 2.24) is 9.88 Å². The van der Waals surface area contributed by atoms with Gasteiger partial charge < -0.3 is 10.2 Å². The van der Waals surface area contributed by atoms with E-state index in [0.717, 1.165) is 11.3 Å². The van der Waals surface area contributed by atoms with Crippen molar-refractivity contribution < 1.29 is 14.0 Å². The molecule has 1 aromatic heterocycles. The number of hydrogen-bond acceptors (Lipinski definition) is 6. The van der Waals surface area contributed by atoms with Crippen molar-refractivity contribution in [2.24, 2.45) is 0 Å². The first-order valence-electron chi connectivity index (χ1n) is 8.97. The number of nitriles is 1. The van der Waals surface area contributed by atoms with Crippen LogP contribution in [0.4, 0.5) is 10.1 Å². The number of carbonyl (C=O) groups excluding carboxylic acids is 2. The van der Waals surface area contributed by atoms with Crippen LogP contribution < -0.4 is 5.32 Å². The van der Waals surface area contributed by atoms with Crippen molar-refractivity contribution in [2.75, 3.05) is 16.9 Å². The van der Waals surface area contributed by atoms with Crippen molar-refractivity contribution in [2.45, 2.75) is 6.04 Å². The van der Waals surface area contributed by atoms with Gasteiger partial charge in [-0.05, 0) is 36.4 Å². The Kier molecular flexibility index (Phi) is 5.79. The summed E-state index contributed by atoms with van der Waals surface area (Å²) < 4.78 is 14.0. The average molecular weight is 439 g/mol. The maximum absolute atomic E-state index is 14.0. The van der Waals surface area contributed by atoms with Crippen LogP contribution in [0.3, 0.4) is 0 Å². The first kappa shape index (κ1) is 20.1. The Morgan fingerprint density at radius 2 is 1.97 bits per heavy atom. The van der Waals surface area contributed by atoms with E-state index in [2.05, 4.69) is 10.3 Å². The molecule has 1 atom stereocenters. The van der Waals surface area contributed by atoms with E-state index in [0.29, 0.717) is 38.3 Å². The number of thioether (sulfide) groups is 1. The van der Waals surface area contributed by atoms with E-state index in [4.69, 9.17) is 5.26 Å². The number of benzene rings is 2. The van der Waals surface area contributed by atoms with E-state index >= 15 is 0 Å². The number of anilines is 1. The van der Waals surface area contributed by atoms with Gasteiger partial charge in [0.2, 0.25) is 5.91 Å². The molecule has 2 aromatic carbocycles. The standard InChI is InChI=1S/C21H15FN4O2S2/c22-16-4-2-1-3-15(16)20-24-10-18(30-20)21(28)26-12-29-11-17(26)19(27)25-14-7-5-13(9-23)6-8-14/h1-8,10,17H,11-12H2,(H,25,27). The van der Waals surface area contributed by atoms with Crippen molar-refractivity contribution in [1.29, 1.82) is 5.26 Å². The lowest BCUT2D eigenvalue weighted by Gasteiger charge is -2.22. The lowest BCUT2D eigenvalue weighted by atomic mass is 10.2. The van der Waals surface area contributed by atoms with Crippen molar-refractivity contribution in [3.63, 3.8) is 0 Å². The summed E-state index contributed by atoms with van der Waals surface area (Å²) >= 11 is 2.59. The molecular weight excluding hydrogens is 423 g/mol. The molecule has 1 N–H and O–H groups in total. The second-order valence-corrected chi connectivity index (χ2v) is 8.51. The highest BCUT2D eigenvalue weighted by Crippen LogP contribution is 2.30. The normalized spacial score (nSPS) is 15.6. The molecule has 1 fully saturated rings. The average Bonchev–Trinajstić information content (AvgIpc) is 3.44. The van der Waals surface area contributed by atoms with Crippen molar-refractivity contribution in [3.05, 3.63) is 71.0 Å². The van der Waals surface area contributed by atoms with Crippen LogP contribution in [0.5, 0.6) is 0 Å². The minimum Gasteiger partial charge on any atom is -0.324 e. The number of hydrogen-bond donors (Lipinski definition) is 1. The predicted octanol–water partition coefficient (Wildman–Crippen LogP) is 3.97. The molecule has 9 heteroatoms. The van der Waals surface area contributed by atoms with Gasteiger partial charge in [-0.1, -0.05) is 12.1 Å². The quantitative estimate of drug-likeness (QED) is 0.666. The van der Waals surface area contributed by atoms with Gasteiger partial charge in [0, 0.05) is 17.0 Å². The molecule has 150 valence electrons. The van der Waals surface area contributed by atoms with Crippen LogP contribution in [0.1, 0.15) is 15.2 Å². The summed E-state index contributed by atoms with van der Waals surface area (Å²) in [5, 5.41) is 12.1. The van der Waals surface area contributed by atoms with E-state index in [1.54, 1.807) is 42.5 Å². The number of thiazole rings is 1. The van der Waals surface area contributed by atoms with Gasteiger partial charge in [-0.3, -0.25) is 9.59 Å². The molecule has 1 saturated heterocycles. The fourth-order valence-electron chi connectivity index (χ4n) is 2.99. The number of aromatic nitrogens is 1. The van der Waals surface area contributed by atoms with Gasteiger partial charge >= 0.3 is 0 Å². The summed E-state index contributed by atoms with van der Waals surface area (Å²) in [7, 11) is 0. The third kappa shape index (κ3) is 4.06. The van der Waals surface area contributed by atoms with Gasteiger partial charge in [-0.15, -0.1) is 23.1 Å². The molecule has 0 aliphatic carbocycles. The zero-order valence-electron chi connectivity index (χ0n) is 15.5. The smallest absolute Gasteiger partial charge is 0.266 e. The zero-order chi connectivity index (χ0) is 21.1. The SMILES string of the molecule is N#Cc1ccc(NC(=O)C2CSCN2C(=O)c2cnc(-c3ccccc3F)s2)cc1. The number of amides is 2. The summed E-state index contributed by atoms with van der Waals surface area (Å²) in [6.45, 7) is 0. The zero-order valence-corrected chi connectivity index (χ0v) is 17.2. The highest BCUT2D eigenvalue weighted by molar-refractivity contribution is 7.99. The summed E-state index contributed by atoms with van der Waals surface area (Å²) in [5.74, 6) is -0.136. The van der Waals surface area contributed by atoms with E-state index in [-0.39, 0.29) is 11.8 Å². The molecule has 6 nitrogen and oxygen atoms in total. The maximum atomic E-state index is 14.0. The second kappa shape index (κ2) is 8.65. The molecule has 0 radical (unpaired) electrons. The minimum absolute atomic E-state index is 0.295. The Morgan fingerprint density at radius 1 is 1.20 bits per heavy atom. The summed E-state index contributed by atoms with van der Waals surface area (Å²) in [5.41, 5.74) is 1.40. The van der Waals surface area contributed by atoms with Gasteiger partial charge in [0.05, 0.1) is 23.7 Å². The maximum Gasteiger partial charge on any atom is 0.266 e. The fraction of sp³-hybridized carbons (Fsp3) is 0.143.